The molecular formula is C12H8Cl3FN2O2S. The second-order valence-corrected chi connectivity index (χ2v) is 6.91. The number of sulfonamides is 1. The topological polar surface area (TPSA) is 72.2 Å². The molecule has 0 aromatic heterocycles. The molecule has 2 aromatic carbocycles. The van der Waals surface area contributed by atoms with Crippen molar-refractivity contribution in [3.63, 3.8) is 0 Å². The molecule has 0 heterocycles. The predicted octanol–water partition coefficient (Wildman–Crippen LogP) is 4.17. The van der Waals surface area contributed by atoms with Crippen LogP contribution < -0.4 is 10.5 Å². The molecule has 0 saturated carbocycles. The number of nitrogens with two attached hydrogens (primary N) is 1. The number of hydrogen-bond acceptors (Lipinski definition) is 3. The summed E-state index contributed by atoms with van der Waals surface area (Å²) in [5, 5.41) is -0.0362. The van der Waals surface area contributed by atoms with Gasteiger partial charge in [-0.2, -0.15) is 0 Å². The average Bonchev–Trinajstić information content (AvgIpc) is 2.34. The summed E-state index contributed by atoms with van der Waals surface area (Å²) >= 11 is 17.4. The molecule has 0 radical (unpaired) electrons. The lowest BCUT2D eigenvalue weighted by Gasteiger charge is -2.11. The Bertz CT molecular complexity index is 789. The van der Waals surface area contributed by atoms with Crippen LogP contribution in [0.25, 0.3) is 0 Å². The summed E-state index contributed by atoms with van der Waals surface area (Å²) in [7, 11) is -4.01. The number of anilines is 2. The number of hydrogen-bond donors (Lipinski definition) is 2. The standard InChI is InChI=1S/C12H8Cl3FN2O2S/c13-8-3-6(16)1-2-11(8)21(19,20)18-7-4-9(14)12(17)10(15)5-7/h1-5,18H,17H2. The normalized spacial score (nSPS) is 11.4. The Morgan fingerprint density at radius 1 is 1.00 bits per heavy atom. The van der Waals surface area contributed by atoms with Crippen molar-refractivity contribution in [2.45, 2.75) is 4.90 Å². The minimum absolute atomic E-state index is 0.102. The monoisotopic (exact) mass is 368 g/mol. The third-order valence-corrected chi connectivity index (χ3v) is 5.00. The van der Waals surface area contributed by atoms with Crippen LogP contribution in [-0.2, 0) is 10.0 Å². The van der Waals surface area contributed by atoms with Crippen LogP contribution in [0.5, 0.6) is 0 Å². The van der Waals surface area contributed by atoms with Gasteiger partial charge in [0.05, 0.1) is 26.4 Å². The van der Waals surface area contributed by atoms with E-state index in [2.05, 4.69) is 4.72 Å². The molecule has 9 heteroatoms. The SMILES string of the molecule is Nc1c(Cl)cc(NS(=O)(=O)c2ccc(F)cc2Cl)cc1Cl. The van der Waals surface area contributed by atoms with Crippen LogP contribution in [0, 0.1) is 5.82 Å². The molecule has 0 unspecified atom stereocenters. The van der Waals surface area contributed by atoms with Crippen molar-refractivity contribution in [1.82, 2.24) is 0 Å². The zero-order valence-corrected chi connectivity index (χ0v) is 13.3. The highest BCUT2D eigenvalue weighted by molar-refractivity contribution is 7.92. The summed E-state index contributed by atoms with van der Waals surface area (Å²) in [4.78, 5) is -0.269. The van der Waals surface area contributed by atoms with E-state index in [1.54, 1.807) is 0 Å². The lowest BCUT2D eigenvalue weighted by atomic mass is 10.3. The van der Waals surface area contributed by atoms with Gasteiger partial charge < -0.3 is 5.73 Å². The minimum atomic E-state index is -4.01. The first kappa shape index (κ1) is 16.2. The van der Waals surface area contributed by atoms with Gasteiger partial charge in [-0.1, -0.05) is 34.8 Å². The second kappa shape index (κ2) is 5.88. The highest BCUT2D eigenvalue weighted by Crippen LogP contribution is 2.32. The predicted molar refractivity (Wildman–Crippen MR) is 83.1 cm³/mol. The van der Waals surface area contributed by atoms with Crippen molar-refractivity contribution in [2.75, 3.05) is 10.5 Å². The van der Waals surface area contributed by atoms with Gasteiger partial charge in [-0.05, 0) is 30.3 Å². The summed E-state index contributed by atoms with van der Waals surface area (Å²) in [6, 6.07) is 5.55. The Morgan fingerprint density at radius 3 is 2.10 bits per heavy atom. The largest absolute Gasteiger partial charge is 0.396 e. The fourth-order valence-electron chi connectivity index (χ4n) is 1.55. The van der Waals surface area contributed by atoms with E-state index in [0.717, 1.165) is 18.2 Å². The molecule has 21 heavy (non-hydrogen) atoms. The Labute approximate surface area is 135 Å². The molecule has 0 aliphatic carbocycles. The fraction of sp³-hybridized carbons (Fsp3) is 0. The van der Waals surface area contributed by atoms with Crippen molar-refractivity contribution in [3.8, 4) is 0 Å². The molecule has 0 atom stereocenters. The Balaban J connectivity index is 2.42. The van der Waals surface area contributed by atoms with Gasteiger partial charge in [-0.3, -0.25) is 4.72 Å². The van der Waals surface area contributed by atoms with Gasteiger partial charge in [0.25, 0.3) is 10.0 Å². The first-order valence-electron chi connectivity index (χ1n) is 5.43. The van der Waals surface area contributed by atoms with Crippen molar-refractivity contribution in [1.29, 1.82) is 0 Å². The summed E-state index contributed by atoms with van der Waals surface area (Å²) in [5.74, 6) is -0.641. The molecule has 0 saturated heterocycles. The van der Waals surface area contributed by atoms with Crippen LogP contribution in [-0.4, -0.2) is 8.42 Å². The van der Waals surface area contributed by atoms with E-state index in [1.165, 1.54) is 12.1 Å². The highest BCUT2D eigenvalue weighted by atomic mass is 35.5. The second-order valence-electron chi connectivity index (χ2n) is 4.03. The van der Waals surface area contributed by atoms with Gasteiger partial charge in [0.2, 0.25) is 0 Å². The molecule has 0 aliphatic heterocycles. The molecule has 0 spiro atoms. The quantitative estimate of drug-likeness (QED) is 0.798. The smallest absolute Gasteiger partial charge is 0.263 e. The lowest BCUT2D eigenvalue weighted by molar-refractivity contribution is 0.600. The van der Waals surface area contributed by atoms with Gasteiger partial charge in [0.1, 0.15) is 10.7 Å². The summed E-state index contributed by atoms with van der Waals surface area (Å²) in [5.41, 5.74) is 5.81. The molecule has 0 amide bonds. The molecule has 3 N–H and O–H groups in total. The summed E-state index contributed by atoms with van der Waals surface area (Å²) in [6.07, 6.45) is 0. The van der Waals surface area contributed by atoms with Gasteiger partial charge in [0.15, 0.2) is 0 Å². The molecule has 0 bridgehead atoms. The van der Waals surface area contributed by atoms with Crippen molar-refractivity contribution in [2.24, 2.45) is 0 Å². The van der Waals surface area contributed by atoms with Crippen LogP contribution in [0.3, 0.4) is 0 Å². The van der Waals surface area contributed by atoms with E-state index in [4.69, 9.17) is 40.5 Å². The molecule has 4 nitrogen and oxygen atoms in total. The Hall–Kier alpha value is -1.21. The zero-order valence-electron chi connectivity index (χ0n) is 10.2. The lowest BCUT2D eigenvalue weighted by Crippen LogP contribution is -2.13. The van der Waals surface area contributed by atoms with Crippen LogP contribution in [0.2, 0.25) is 15.1 Å². The van der Waals surface area contributed by atoms with E-state index in [1.807, 2.05) is 0 Å². The van der Waals surface area contributed by atoms with Crippen molar-refractivity contribution in [3.05, 3.63) is 51.2 Å². The third-order valence-electron chi connectivity index (χ3n) is 2.51. The van der Waals surface area contributed by atoms with E-state index in [9.17, 15) is 12.8 Å². The average molecular weight is 370 g/mol. The first-order chi connectivity index (χ1) is 9.70. The van der Waals surface area contributed by atoms with Gasteiger partial charge in [-0.25, -0.2) is 12.8 Å². The third kappa shape index (κ3) is 3.52. The molecule has 2 rings (SSSR count). The number of halogens is 4. The van der Waals surface area contributed by atoms with Gasteiger partial charge >= 0.3 is 0 Å². The molecule has 0 fully saturated rings. The number of nitrogens with one attached hydrogen (secondary N) is 1. The van der Waals surface area contributed by atoms with Crippen LogP contribution >= 0.6 is 34.8 Å². The maximum absolute atomic E-state index is 13.0. The summed E-state index contributed by atoms with van der Waals surface area (Å²) in [6.45, 7) is 0. The minimum Gasteiger partial charge on any atom is -0.396 e. The number of rotatable bonds is 3. The number of nitrogen functional groups attached to an aromatic ring is 1. The van der Waals surface area contributed by atoms with Crippen molar-refractivity contribution >= 4 is 56.2 Å². The van der Waals surface area contributed by atoms with E-state index in [0.29, 0.717) is 0 Å². The van der Waals surface area contributed by atoms with E-state index < -0.39 is 15.8 Å². The molecule has 0 aliphatic rings. The van der Waals surface area contributed by atoms with Crippen molar-refractivity contribution < 1.29 is 12.8 Å². The zero-order chi connectivity index (χ0) is 15.8. The summed E-state index contributed by atoms with van der Waals surface area (Å²) < 4.78 is 39.6. The van der Waals surface area contributed by atoms with Gasteiger partial charge in [-0.15, -0.1) is 0 Å². The molecular weight excluding hydrogens is 362 g/mol. The molecule has 2 aromatic rings. The number of benzene rings is 2. The van der Waals surface area contributed by atoms with Crippen LogP contribution in [0.4, 0.5) is 15.8 Å². The maximum Gasteiger partial charge on any atom is 0.263 e. The Kier molecular flexibility index (Phi) is 4.53. The van der Waals surface area contributed by atoms with E-state index >= 15 is 0 Å². The maximum atomic E-state index is 13.0. The molecule has 112 valence electrons. The van der Waals surface area contributed by atoms with Crippen LogP contribution in [0.15, 0.2) is 35.2 Å². The Morgan fingerprint density at radius 2 is 1.57 bits per heavy atom. The first-order valence-corrected chi connectivity index (χ1v) is 8.05. The van der Waals surface area contributed by atoms with E-state index in [-0.39, 0.29) is 31.3 Å². The van der Waals surface area contributed by atoms with Crippen LogP contribution in [0.1, 0.15) is 0 Å². The van der Waals surface area contributed by atoms with Gasteiger partial charge in [0, 0.05) is 0 Å². The highest BCUT2D eigenvalue weighted by Gasteiger charge is 2.19. The fourth-order valence-corrected chi connectivity index (χ4v) is 3.61.